The minimum atomic E-state index is 0.474. The largest absolute Gasteiger partial charge is 0.305 e. The van der Waals surface area contributed by atoms with Crippen LogP contribution < -0.4 is 5.32 Å². The van der Waals surface area contributed by atoms with Crippen LogP contribution in [0.4, 0.5) is 0 Å². The first-order valence-electron chi connectivity index (χ1n) is 8.61. The van der Waals surface area contributed by atoms with Crippen LogP contribution in [0, 0.1) is 24.2 Å². The first-order chi connectivity index (χ1) is 9.93. The summed E-state index contributed by atoms with van der Waals surface area (Å²) in [7, 11) is 0. The monoisotopic (exact) mass is 306 g/mol. The highest BCUT2D eigenvalue weighted by Crippen LogP contribution is 2.44. The standard InChI is InChI=1S/C18H30N2S/c1-12-11-21-17(19-12)16(20-15-9-10-15)13-5-7-14(8-6-13)18(2,3)4/h11,13-16,20H,5-10H2,1-4H3. The molecule has 0 radical (unpaired) electrons. The second-order valence-electron chi connectivity index (χ2n) is 8.22. The summed E-state index contributed by atoms with van der Waals surface area (Å²) in [6.45, 7) is 9.33. The maximum Gasteiger partial charge on any atom is 0.110 e. The van der Waals surface area contributed by atoms with Crippen molar-refractivity contribution in [2.45, 2.75) is 78.3 Å². The van der Waals surface area contributed by atoms with Gasteiger partial charge in [0, 0.05) is 17.1 Å². The van der Waals surface area contributed by atoms with Crippen molar-refractivity contribution in [2.75, 3.05) is 0 Å². The summed E-state index contributed by atoms with van der Waals surface area (Å²) in [4.78, 5) is 4.79. The Kier molecular flexibility index (Phi) is 4.42. The van der Waals surface area contributed by atoms with E-state index in [2.05, 4.69) is 38.4 Å². The van der Waals surface area contributed by atoms with Gasteiger partial charge in [-0.1, -0.05) is 20.8 Å². The number of hydrogen-bond donors (Lipinski definition) is 1. The average Bonchev–Trinajstić information content (AvgIpc) is 3.16. The lowest BCUT2D eigenvalue weighted by Gasteiger charge is -2.39. The van der Waals surface area contributed by atoms with Gasteiger partial charge in [0.05, 0.1) is 6.04 Å². The molecule has 1 aromatic rings. The van der Waals surface area contributed by atoms with E-state index in [1.54, 1.807) is 0 Å². The number of aromatic nitrogens is 1. The first-order valence-corrected chi connectivity index (χ1v) is 9.49. The molecular formula is C18H30N2S. The van der Waals surface area contributed by atoms with E-state index < -0.39 is 0 Å². The van der Waals surface area contributed by atoms with Gasteiger partial charge in [0.15, 0.2) is 0 Å². The number of nitrogens with one attached hydrogen (secondary N) is 1. The Hall–Kier alpha value is -0.410. The van der Waals surface area contributed by atoms with Crippen LogP contribution in [0.15, 0.2) is 5.38 Å². The van der Waals surface area contributed by atoms with Crippen molar-refractivity contribution in [1.82, 2.24) is 10.3 Å². The van der Waals surface area contributed by atoms with Gasteiger partial charge in [-0.3, -0.25) is 0 Å². The van der Waals surface area contributed by atoms with Crippen molar-refractivity contribution >= 4 is 11.3 Å². The van der Waals surface area contributed by atoms with E-state index in [0.717, 1.165) is 17.9 Å². The predicted molar refractivity (Wildman–Crippen MR) is 90.7 cm³/mol. The molecule has 1 aromatic heterocycles. The molecular weight excluding hydrogens is 276 g/mol. The van der Waals surface area contributed by atoms with E-state index in [9.17, 15) is 0 Å². The molecule has 2 aliphatic rings. The molecule has 2 saturated carbocycles. The fourth-order valence-electron chi connectivity index (χ4n) is 3.75. The van der Waals surface area contributed by atoms with Gasteiger partial charge in [-0.2, -0.15) is 0 Å². The minimum absolute atomic E-state index is 0.474. The van der Waals surface area contributed by atoms with Crippen LogP contribution in [-0.2, 0) is 0 Å². The SMILES string of the molecule is Cc1csc(C(NC2CC2)C2CCC(C(C)(C)C)CC2)n1. The van der Waals surface area contributed by atoms with Gasteiger partial charge < -0.3 is 5.32 Å². The van der Waals surface area contributed by atoms with Gasteiger partial charge in [-0.15, -0.1) is 11.3 Å². The molecule has 0 bridgehead atoms. The molecule has 1 atom stereocenters. The molecule has 0 aromatic carbocycles. The van der Waals surface area contributed by atoms with Gasteiger partial charge in [0.2, 0.25) is 0 Å². The zero-order chi connectivity index (χ0) is 15.0. The summed E-state index contributed by atoms with van der Waals surface area (Å²) in [6.07, 6.45) is 8.23. The molecule has 2 nitrogen and oxygen atoms in total. The lowest BCUT2D eigenvalue weighted by molar-refractivity contribution is 0.132. The normalized spacial score (nSPS) is 28.6. The van der Waals surface area contributed by atoms with Gasteiger partial charge >= 0.3 is 0 Å². The summed E-state index contributed by atoms with van der Waals surface area (Å²) in [6, 6.07) is 1.27. The predicted octanol–water partition coefficient (Wildman–Crippen LogP) is 5.10. The van der Waals surface area contributed by atoms with Crippen molar-refractivity contribution in [2.24, 2.45) is 17.3 Å². The molecule has 21 heavy (non-hydrogen) atoms. The highest BCUT2D eigenvalue weighted by Gasteiger charge is 2.36. The number of aryl methyl sites for hydroxylation is 1. The Labute approximate surface area is 133 Å². The van der Waals surface area contributed by atoms with Crippen LogP contribution in [0.25, 0.3) is 0 Å². The molecule has 0 saturated heterocycles. The number of hydrogen-bond acceptors (Lipinski definition) is 3. The Morgan fingerprint density at radius 2 is 1.81 bits per heavy atom. The van der Waals surface area contributed by atoms with Crippen LogP contribution in [0.1, 0.15) is 76.0 Å². The lowest BCUT2D eigenvalue weighted by atomic mass is 9.68. The van der Waals surface area contributed by atoms with Crippen molar-refractivity contribution < 1.29 is 0 Å². The third-order valence-corrected chi connectivity index (χ3v) is 6.41. The molecule has 0 aliphatic heterocycles. The molecule has 1 N–H and O–H groups in total. The third kappa shape index (κ3) is 3.87. The number of thiazole rings is 1. The van der Waals surface area contributed by atoms with Gasteiger partial charge in [-0.05, 0) is 62.7 Å². The summed E-state index contributed by atoms with van der Waals surface area (Å²) in [5.41, 5.74) is 1.66. The smallest absolute Gasteiger partial charge is 0.110 e. The number of rotatable bonds is 4. The van der Waals surface area contributed by atoms with Gasteiger partial charge in [0.25, 0.3) is 0 Å². The van der Waals surface area contributed by atoms with Crippen LogP contribution in [0.3, 0.4) is 0 Å². The summed E-state index contributed by atoms with van der Waals surface area (Å²) in [5, 5.41) is 7.43. The highest BCUT2D eigenvalue weighted by atomic mass is 32.1. The van der Waals surface area contributed by atoms with E-state index in [1.807, 2.05) is 11.3 Å². The quantitative estimate of drug-likeness (QED) is 0.837. The molecule has 2 aliphatic carbocycles. The average molecular weight is 307 g/mol. The number of nitrogens with zero attached hydrogens (tertiary/aromatic N) is 1. The molecule has 2 fully saturated rings. The van der Waals surface area contributed by atoms with Crippen LogP contribution in [0.2, 0.25) is 0 Å². The van der Waals surface area contributed by atoms with E-state index in [-0.39, 0.29) is 0 Å². The highest BCUT2D eigenvalue weighted by molar-refractivity contribution is 7.09. The van der Waals surface area contributed by atoms with E-state index in [1.165, 1.54) is 49.2 Å². The van der Waals surface area contributed by atoms with E-state index >= 15 is 0 Å². The van der Waals surface area contributed by atoms with Crippen molar-refractivity contribution in [1.29, 1.82) is 0 Å². The maximum atomic E-state index is 4.79. The molecule has 1 heterocycles. The Morgan fingerprint density at radius 1 is 1.14 bits per heavy atom. The fourth-order valence-corrected chi connectivity index (χ4v) is 4.69. The van der Waals surface area contributed by atoms with Crippen molar-refractivity contribution in [3.05, 3.63) is 16.1 Å². The molecule has 118 valence electrons. The molecule has 3 rings (SSSR count). The second-order valence-corrected chi connectivity index (χ2v) is 9.11. The third-order valence-electron chi connectivity index (χ3n) is 5.36. The fraction of sp³-hybridized carbons (Fsp3) is 0.833. The van der Waals surface area contributed by atoms with Crippen molar-refractivity contribution in [3.8, 4) is 0 Å². The lowest BCUT2D eigenvalue weighted by Crippen LogP contribution is -2.34. The molecule has 0 amide bonds. The zero-order valence-electron chi connectivity index (χ0n) is 14.0. The van der Waals surface area contributed by atoms with Crippen LogP contribution >= 0.6 is 11.3 Å². The maximum absolute atomic E-state index is 4.79. The summed E-state index contributed by atoms with van der Waals surface area (Å²) < 4.78 is 0. The molecule has 0 spiro atoms. The summed E-state index contributed by atoms with van der Waals surface area (Å²) in [5.74, 6) is 1.68. The van der Waals surface area contributed by atoms with E-state index in [0.29, 0.717) is 11.5 Å². The Balaban J connectivity index is 1.67. The summed E-state index contributed by atoms with van der Waals surface area (Å²) >= 11 is 1.85. The Bertz CT molecular complexity index is 462. The first kappa shape index (κ1) is 15.5. The minimum Gasteiger partial charge on any atom is -0.305 e. The topological polar surface area (TPSA) is 24.9 Å². The molecule has 3 heteroatoms. The second kappa shape index (κ2) is 6.00. The van der Waals surface area contributed by atoms with Gasteiger partial charge in [0.1, 0.15) is 5.01 Å². The van der Waals surface area contributed by atoms with Gasteiger partial charge in [-0.25, -0.2) is 4.98 Å². The van der Waals surface area contributed by atoms with Crippen LogP contribution in [-0.4, -0.2) is 11.0 Å². The van der Waals surface area contributed by atoms with Crippen molar-refractivity contribution in [3.63, 3.8) is 0 Å². The Morgan fingerprint density at radius 3 is 2.29 bits per heavy atom. The molecule has 1 unspecified atom stereocenters. The zero-order valence-corrected chi connectivity index (χ0v) is 14.8. The van der Waals surface area contributed by atoms with E-state index in [4.69, 9.17) is 4.98 Å². The van der Waals surface area contributed by atoms with Crippen LogP contribution in [0.5, 0.6) is 0 Å².